The number of hydrogen-bond acceptors (Lipinski definition) is 4. The number of nitrogens with one attached hydrogen (secondary N) is 1. The highest BCUT2D eigenvalue weighted by molar-refractivity contribution is 9.10. The van der Waals surface area contributed by atoms with Crippen molar-refractivity contribution in [3.05, 3.63) is 50.4 Å². The molecule has 2 aromatic heterocycles. The van der Waals surface area contributed by atoms with Gasteiger partial charge in [0.2, 0.25) is 0 Å². The minimum atomic E-state index is -0.219. The van der Waals surface area contributed by atoms with Crippen LogP contribution in [0.3, 0.4) is 0 Å². The van der Waals surface area contributed by atoms with Gasteiger partial charge in [-0.25, -0.2) is 0 Å². The van der Waals surface area contributed by atoms with Gasteiger partial charge in [-0.15, -0.1) is 11.3 Å². The van der Waals surface area contributed by atoms with E-state index in [1.54, 1.807) is 23.6 Å². The van der Waals surface area contributed by atoms with Gasteiger partial charge < -0.3 is 10.4 Å². The van der Waals surface area contributed by atoms with Crippen LogP contribution in [0, 0.1) is 11.8 Å². The summed E-state index contributed by atoms with van der Waals surface area (Å²) in [5.74, 6) is 5.04. The van der Waals surface area contributed by atoms with Crippen molar-refractivity contribution in [2.75, 3.05) is 6.61 Å². The molecule has 0 fully saturated rings. The Labute approximate surface area is 129 Å². The molecule has 0 radical (unpaired) electrons. The lowest BCUT2D eigenvalue weighted by molar-refractivity contribution is 0.0951. The highest BCUT2D eigenvalue weighted by Crippen LogP contribution is 2.22. The molecule has 20 heavy (non-hydrogen) atoms. The van der Waals surface area contributed by atoms with Gasteiger partial charge in [0.1, 0.15) is 6.61 Å². The van der Waals surface area contributed by atoms with E-state index in [2.05, 4.69) is 38.1 Å². The molecule has 0 spiro atoms. The van der Waals surface area contributed by atoms with Crippen LogP contribution >= 0.6 is 27.3 Å². The smallest absolute Gasteiger partial charge is 0.253 e. The fourth-order valence-corrected chi connectivity index (χ4v) is 2.92. The zero-order chi connectivity index (χ0) is 14.4. The lowest BCUT2D eigenvalue weighted by Gasteiger charge is -2.04. The average Bonchev–Trinajstić information content (AvgIpc) is 2.88. The number of carbonyl (C=O) groups is 1. The summed E-state index contributed by atoms with van der Waals surface area (Å²) in [6.07, 6.45) is 3.04. The number of hydrogen-bond donors (Lipinski definition) is 2. The van der Waals surface area contributed by atoms with E-state index in [1.807, 2.05) is 11.4 Å². The molecule has 0 aliphatic rings. The lowest BCUT2D eigenvalue weighted by atomic mass is 10.2. The second-order valence-corrected chi connectivity index (χ2v) is 5.65. The van der Waals surface area contributed by atoms with Crippen LogP contribution in [0.15, 0.2) is 34.4 Å². The number of halogens is 1. The Morgan fingerprint density at radius 3 is 3.05 bits per heavy atom. The zero-order valence-electron chi connectivity index (χ0n) is 10.4. The Bertz CT molecular complexity index is 673. The predicted octanol–water partition coefficient (Wildman–Crippen LogP) is 2.18. The molecule has 6 heteroatoms. The third-order valence-electron chi connectivity index (χ3n) is 2.41. The summed E-state index contributed by atoms with van der Waals surface area (Å²) in [5.41, 5.74) is 1.05. The Hall–Kier alpha value is -1.68. The van der Waals surface area contributed by atoms with Crippen molar-refractivity contribution in [2.45, 2.75) is 6.54 Å². The lowest BCUT2D eigenvalue weighted by Crippen LogP contribution is -2.22. The molecule has 0 unspecified atom stereocenters. The first kappa shape index (κ1) is 14.7. The maximum Gasteiger partial charge on any atom is 0.253 e. The van der Waals surface area contributed by atoms with Crippen LogP contribution in [0.25, 0.3) is 0 Å². The van der Waals surface area contributed by atoms with Crippen LogP contribution in [-0.2, 0) is 6.54 Å². The molecule has 4 nitrogen and oxygen atoms in total. The second-order valence-electron chi connectivity index (χ2n) is 3.80. The molecule has 0 saturated heterocycles. The normalized spacial score (nSPS) is 9.70. The number of aliphatic hydroxyl groups is 1. The van der Waals surface area contributed by atoms with Gasteiger partial charge in [0, 0.05) is 27.3 Å². The standard InChI is InChI=1S/C14H11BrN2O2S/c15-12-3-5-20-13(12)9-17-14(19)11-6-10(2-1-4-18)7-16-8-11/h3,5-8,18H,4,9H2,(H,17,19). The zero-order valence-corrected chi connectivity index (χ0v) is 12.8. The summed E-state index contributed by atoms with van der Waals surface area (Å²) in [6, 6.07) is 3.59. The molecule has 0 atom stereocenters. The van der Waals surface area contributed by atoms with Crippen molar-refractivity contribution in [3.8, 4) is 11.8 Å². The Morgan fingerprint density at radius 1 is 1.50 bits per heavy atom. The summed E-state index contributed by atoms with van der Waals surface area (Å²) < 4.78 is 0.989. The SMILES string of the molecule is O=C(NCc1sccc1Br)c1cncc(C#CCO)c1. The summed E-state index contributed by atoms with van der Waals surface area (Å²) in [5, 5.41) is 13.4. The van der Waals surface area contributed by atoms with Gasteiger partial charge in [0.05, 0.1) is 12.1 Å². The first-order valence-corrected chi connectivity index (χ1v) is 7.43. The van der Waals surface area contributed by atoms with Gasteiger partial charge in [-0.3, -0.25) is 9.78 Å². The van der Waals surface area contributed by atoms with E-state index in [-0.39, 0.29) is 12.5 Å². The quantitative estimate of drug-likeness (QED) is 0.834. The molecule has 0 aliphatic heterocycles. The number of amides is 1. The third kappa shape index (κ3) is 3.90. The molecular weight excluding hydrogens is 340 g/mol. The number of thiophene rings is 1. The predicted molar refractivity (Wildman–Crippen MR) is 81.4 cm³/mol. The van der Waals surface area contributed by atoms with E-state index in [9.17, 15) is 4.79 Å². The second kappa shape index (κ2) is 7.20. The van der Waals surface area contributed by atoms with E-state index in [1.165, 1.54) is 6.20 Å². The first-order chi connectivity index (χ1) is 9.70. The van der Waals surface area contributed by atoms with Gasteiger partial charge in [0.15, 0.2) is 0 Å². The Kier molecular flexibility index (Phi) is 5.30. The van der Waals surface area contributed by atoms with E-state index in [0.717, 1.165) is 9.35 Å². The number of aromatic nitrogens is 1. The van der Waals surface area contributed by atoms with Crippen molar-refractivity contribution in [3.63, 3.8) is 0 Å². The minimum Gasteiger partial charge on any atom is -0.384 e. The highest BCUT2D eigenvalue weighted by Gasteiger charge is 2.08. The summed E-state index contributed by atoms with van der Waals surface area (Å²) >= 11 is 4.99. The van der Waals surface area contributed by atoms with Crippen molar-refractivity contribution in [1.29, 1.82) is 0 Å². The van der Waals surface area contributed by atoms with Crippen molar-refractivity contribution in [1.82, 2.24) is 10.3 Å². The number of aliphatic hydroxyl groups excluding tert-OH is 1. The van der Waals surface area contributed by atoms with E-state index >= 15 is 0 Å². The van der Waals surface area contributed by atoms with Crippen LogP contribution < -0.4 is 5.32 Å². The number of carbonyl (C=O) groups excluding carboxylic acids is 1. The number of rotatable bonds is 3. The first-order valence-electron chi connectivity index (χ1n) is 5.75. The largest absolute Gasteiger partial charge is 0.384 e. The summed E-state index contributed by atoms with van der Waals surface area (Å²) in [4.78, 5) is 17.0. The fraction of sp³-hybridized carbons (Fsp3) is 0.143. The van der Waals surface area contributed by atoms with Gasteiger partial charge in [0.25, 0.3) is 5.91 Å². The number of pyridine rings is 1. The molecule has 0 aliphatic carbocycles. The van der Waals surface area contributed by atoms with Gasteiger partial charge in [-0.05, 0) is 33.4 Å². The Morgan fingerprint density at radius 2 is 2.35 bits per heavy atom. The maximum atomic E-state index is 12.0. The molecule has 2 heterocycles. The van der Waals surface area contributed by atoms with Gasteiger partial charge in [-0.2, -0.15) is 0 Å². The maximum absolute atomic E-state index is 12.0. The van der Waals surface area contributed by atoms with Crippen molar-refractivity contribution in [2.24, 2.45) is 0 Å². The third-order valence-corrected chi connectivity index (χ3v) is 4.34. The highest BCUT2D eigenvalue weighted by atomic mass is 79.9. The van der Waals surface area contributed by atoms with E-state index in [4.69, 9.17) is 5.11 Å². The molecule has 2 N–H and O–H groups in total. The van der Waals surface area contributed by atoms with Crippen LogP contribution in [-0.4, -0.2) is 22.6 Å². The monoisotopic (exact) mass is 350 g/mol. The fourth-order valence-electron chi connectivity index (χ4n) is 1.49. The molecule has 102 valence electrons. The van der Waals surface area contributed by atoms with E-state index < -0.39 is 0 Å². The van der Waals surface area contributed by atoms with Crippen LogP contribution in [0.1, 0.15) is 20.8 Å². The van der Waals surface area contributed by atoms with Crippen LogP contribution in [0.2, 0.25) is 0 Å². The molecule has 2 rings (SSSR count). The molecule has 0 aromatic carbocycles. The summed E-state index contributed by atoms with van der Waals surface area (Å²) in [6.45, 7) is 0.243. The Balaban J connectivity index is 2.04. The van der Waals surface area contributed by atoms with Crippen LogP contribution in [0.5, 0.6) is 0 Å². The molecule has 0 bridgehead atoms. The van der Waals surface area contributed by atoms with Crippen LogP contribution in [0.4, 0.5) is 0 Å². The van der Waals surface area contributed by atoms with Crippen molar-refractivity contribution < 1.29 is 9.90 Å². The molecular formula is C14H11BrN2O2S. The average molecular weight is 351 g/mol. The van der Waals surface area contributed by atoms with Crippen molar-refractivity contribution >= 4 is 33.2 Å². The topological polar surface area (TPSA) is 62.2 Å². The molecule has 0 saturated carbocycles. The van der Waals surface area contributed by atoms with Gasteiger partial charge >= 0.3 is 0 Å². The van der Waals surface area contributed by atoms with Gasteiger partial charge in [-0.1, -0.05) is 11.8 Å². The molecule has 1 amide bonds. The minimum absolute atomic E-state index is 0.203. The van der Waals surface area contributed by atoms with E-state index in [0.29, 0.717) is 17.7 Å². The molecule has 2 aromatic rings. The summed E-state index contributed by atoms with van der Waals surface area (Å²) in [7, 11) is 0. The number of nitrogens with zero attached hydrogens (tertiary/aromatic N) is 1.